The van der Waals surface area contributed by atoms with Gasteiger partial charge < -0.3 is 15.0 Å². The summed E-state index contributed by atoms with van der Waals surface area (Å²) in [5, 5.41) is 14.6. The van der Waals surface area contributed by atoms with Crippen LogP contribution < -0.4 is 5.73 Å². The van der Waals surface area contributed by atoms with Gasteiger partial charge in [0.15, 0.2) is 6.61 Å². The van der Waals surface area contributed by atoms with Crippen LogP contribution in [0.5, 0.6) is 0 Å². The summed E-state index contributed by atoms with van der Waals surface area (Å²) in [7, 11) is 0. The Labute approximate surface area is 141 Å². The number of nitro groups is 1. The number of nitrogens with zero attached hydrogens (tertiary/aromatic N) is 3. The first-order valence-electron chi connectivity index (χ1n) is 7.13. The summed E-state index contributed by atoms with van der Waals surface area (Å²) in [4.78, 5) is 26.4. The van der Waals surface area contributed by atoms with Gasteiger partial charge in [0, 0.05) is 23.4 Å². The van der Waals surface area contributed by atoms with E-state index in [1.807, 2.05) is 30.3 Å². The molecule has 0 fully saturated rings. The molecule has 0 unspecified atom stereocenters. The number of nitro benzene ring substituents is 1. The monoisotopic (exact) mass is 340 g/mol. The number of nitrogens with two attached hydrogens (primary N) is 1. The molecule has 2 aromatic carbocycles. The number of rotatable bonds is 5. The molecule has 0 spiro atoms. The summed E-state index contributed by atoms with van der Waals surface area (Å²) < 4.78 is 10.1. The maximum atomic E-state index is 12.1. The second-order valence-electron chi connectivity index (χ2n) is 4.98. The molecule has 0 amide bonds. The van der Waals surface area contributed by atoms with Crippen molar-refractivity contribution in [2.24, 2.45) is 0 Å². The van der Waals surface area contributed by atoms with Crippen molar-refractivity contribution in [3.63, 3.8) is 0 Å². The van der Waals surface area contributed by atoms with E-state index in [9.17, 15) is 14.9 Å². The number of hydrogen-bond donors (Lipinski definition) is 1. The van der Waals surface area contributed by atoms with Gasteiger partial charge in [0.1, 0.15) is 0 Å². The van der Waals surface area contributed by atoms with E-state index in [0.29, 0.717) is 5.82 Å². The number of anilines is 1. The van der Waals surface area contributed by atoms with E-state index in [-0.39, 0.29) is 29.4 Å². The molecule has 9 heteroatoms. The van der Waals surface area contributed by atoms with Crippen LogP contribution in [-0.2, 0) is 11.3 Å². The van der Waals surface area contributed by atoms with E-state index in [1.54, 1.807) is 0 Å². The number of aromatic nitrogens is 2. The number of carbonyl (C=O) groups is 1. The highest BCUT2D eigenvalue weighted by molar-refractivity contribution is 5.95. The van der Waals surface area contributed by atoms with Crippen molar-refractivity contribution >= 4 is 17.3 Å². The Kier molecular flexibility index (Phi) is 4.38. The number of hydrogen-bond acceptors (Lipinski definition) is 8. The SMILES string of the molecule is Nc1ccc([N+](=O)[O-])cc1C(=O)OCc1nc(-c2ccccc2)no1. The molecule has 0 bridgehead atoms. The van der Waals surface area contributed by atoms with Crippen LogP contribution in [0.2, 0.25) is 0 Å². The van der Waals surface area contributed by atoms with Crippen molar-refractivity contribution in [3.05, 3.63) is 70.1 Å². The third kappa shape index (κ3) is 3.61. The normalized spacial score (nSPS) is 10.4. The van der Waals surface area contributed by atoms with Gasteiger partial charge in [-0.05, 0) is 6.07 Å². The minimum Gasteiger partial charge on any atom is -0.452 e. The zero-order valence-corrected chi connectivity index (χ0v) is 12.8. The third-order valence-corrected chi connectivity index (χ3v) is 3.29. The summed E-state index contributed by atoms with van der Waals surface area (Å²) in [6, 6.07) is 12.7. The number of carbonyl (C=O) groups excluding carboxylic acids is 1. The van der Waals surface area contributed by atoms with Crippen LogP contribution in [0.25, 0.3) is 11.4 Å². The average molecular weight is 340 g/mol. The third-order valence-electron chi connectivity index (χ3n) is 3.29. The second kappa shape index (κ2) is 6.79. The first kappa shape index (κ1) is 16.1. The van der Waals surface area contributed by atoms with Crippen molar-refractivity contribution in [1.82, 2.24) is 10.1 Å². The van der Waals surface area contributed by atoms with Gasteiger partial charge in [-0.1, -0.05) is 35.5 Å². The van der Waals surface area contributed by atoms with Gasteiger partial charge in [-0.2, -0.15) is 4.98 Å². The smallest absolute Gasteiger partial charge is 0.341 e. The quantitative estimate of drug-likeness (QED) is 0.324. The zero-order chi connectivity index (χ0) is 17.8. The van der Waals surface area contributed by atoms with Gasteiger partial charge in [0.2, 0.25) is 5.82 Å². The van der Waals surface area contributed by atoms with Crippen LogP contribution in [0.1, 0.15) is 16.2 Å². The molecule has 0 aliphatic heterocycles. The van der Waals surface area contributed by atoms with Crippen LogP contribution in [-0.4, -0.2) is 21.0 Å². The fourth-order valence-corrected chi connectivity index (χ4v) is 2.06. The van der Waals surface area contributed by atoms with Crippen LogP contribution in [0.15, 0.2) is 53.1 Å². The molecule has 0 aliphatic rings. The first-order chi connectivity index (χ1) is 12.0. The minimum atomic E-state index is -0.819. The Morgan fingerprint density at radius 1 is 1.24 bits per heavy atom. The Morgan fingerprint density at radius 2 is 2.00 bits per heavy atom. The lowest BCUT2D eigenvalue weighted by Crippen LogP contribution is -2.09. The molecule has 0 atom stereocenters. The highest BCUT2D eigenvalue weighted by atomic mass is 16.6. The lowest BCUT2D eigenvalue weighted by atomic mass is 10.1. The molecule has 3 aromatic rings. The molecule has 1 aromatic heterocycles. The van der Waals surface area contributed by atoms with Crippen LogP contribution in [0.4, 0.5) is 11.4 Å². The lowest BCUT2D eigenvalue weighted by Gasteiger charge is -2.04. The summed E-state index contributed by atoms with van der Waals surface area (Å²) >= 11 is 0. The van der Waals surface area contributed by atoms with Gasteiger partial charge in [-0.15, -0.1) is 0 Å². The number of ether oxygens (including phenoxy) is 1. The molecule has 0 saturated carbocycles. The van der Waals surface area contributed by atoms with E-state index in [0.717, 1.165) is 11.6 Å². The summed E-state index contributed by atoms with van der Waals surface area (Å²) in [6.45, 7) is -0.277. The van der Waals surface area contributed by atoms with Crippen molar-refractivity contribution in [3.8, 4) is 11.4 Å². The molecule has 0 saturated heterocycles. The van der Waals surface area contributed by atoms with Gasteiger partial charge in [-0.25, -0.2) is 4.79 Å². The fourth-order valence-electron chi connectivity index (χ4n) is 2.06. The lowest BCUT2D eigenvalue weighted by molar-refractivity contribution is -0.384. The number of nitrogen functional groups attached to an aromatic ring is 1. The van der Waals surface area contributed by atoms with Gasteiger partial charge in [-0.3, -0.25) is 10.1 Å². The Bertz CT molecular complexity index is 923. The van der Waals surface area contributed by atoms with Crippen LogP contribution in [0, 0.1) is 10.1 Å². The average Bonchev–Trinajstić information content (AvgIpc) is 3.09. The van der Waals surface area contributed by atoms with Crippen molar-refractivity contribution < 1.29 is 19.0 Å². The highest BCUT2D eigenvalue weighted by Gasteiger charge is 2.18. The predicted octanol–water partition coefficient (Wildman–Crippen LogP) is 2.58. The maximum Gasteiger partial charge on any atom is 0.341 e. The molecule has 3 rings (SSSR count). The predicted molar refractivity (Wildman–Crippen MR) is 86.4 cm³/mol. The van der Waals surface area contributed by atoms with E-state index in [1.165, 1.54) is 12.1 Å². The summed E-state index contributed by atoms with van der Waals surface area (Å²) in [5.41, 5.74) is 6.14. The second-order valence-corrected chi connectivity index (χ2v) is 4.98. The topological polar surface area (TPSA) is 134 Å². The van der Waals surface area contributed by atoms with Crippen molar-refractivity contribution in [2.75, 3.05) is 5.73 Å². The largest absolute Gasteiger partial charge is 0.452 e. The fraction of sp³-hybridized carbons (Fsp3) is 0.0625. The molecule has 9 nitrogen and oxygen atoms in total. The molecule has 0 aliphatic carbocycles. The van der Waals surface area contributed by atoms with E-state index in [2.05, 4.69) is 10.1 Å². The van der Waals surface area contributed by atoms with Gasteiger partial charge >= 0.3 is 5.97 Å². The minimum absolute atomic E-state index is 0.0751. The number of benzene rings is 2. The van der Waals surface area contributed by atoms with Crippen LogP contribution in [0.3, 0.4) is 0 Å². The Hall–Kier alpha value is -3.75. The summed E-state index contributed by atoms with van der Waals surface area (Å²) in [6.07, 6.45) is 0. The number of non-ortho nitro benzene ring substituents is 1. The first-order valence-corrected chi connectivity index (χ1v) is 7.13. The van der Waals surface area contributed by atoms with Crippen LogP contribution >= 0.6 is 0 Å². The molecular weight excluding hydrogens is 328 g/mol. The number of esters is 1. The zero-order valence-electron chi connectivity index (χ0n) is 12.8. The maximum absolute atomic E-state index is 12.1. The molecular formula is C16H12N4O5. The molecule has 126 valence electrons. The highest BCUT2D eigenvalue weighted by Crippen LogP contribution is 2.21. The Morgan fingerprint density at radius 3 is 2.72 bits per heavy atom. The van der Waals surface area contributed by atoms with E-state index >= 15 is 0 Å². The Balaban J connectivity index is 1.70. The molecule has 0 radical (unpaired) electrons. The summed E-state index contributed by atoms with van der Waals surface area (Å²) in [5.74, 6) is -0.363. The van der Waals surface area contributed by atoms with E-state index in [4.69, 9.17) is 15.0 Å². The van der Waals surface area contributed by atoms with Gasteiger partial charge in [0.05, 0.1) is 10.5 Å². The van der Waals surface area contributed by atoms with E-state index < -0.39 is 10.9 Å². The van der Waals surface area contributed by atoms with Crippen molar-refractivity contribution in [1.29, 1.82) is 0 Å². The van der Waals surface area contributed by atoms with Crippen molar-refractivity contribution in [2.45, 2.75) is 6.61 Å². The van der Waals surface area contributed by atoms with Gasteiger partial charge in [0.25, 0.3) is 11.6 Å². The molecule has 2 N–H and O–H groups in total. The standard InChI is InChI=1S/C16H12N4O5/c17-13-7-6-11(20(22)23)8-12(13)16(21)24-9-14-18-15(19-25-14)10-4-2-1-3-5-10/h1-8H,9,17H2. The molecule has 1 heterocycles. The molecule has 25 heavy (non-hydrogen) atoms.